The molecule has 0 bridgehead atoms. The van der Waals surface area contributed by atoms with Crippen molar-refractivity contribution in [1.29, 1.82) is 0 Å². The second kappa shape index (κ2) is 17.9. The number of rotatable bonds is 16. The van der Waals surface area contributed by atoms with E-state index in [9.17, 15) is 23.1 Å². The number of hydrogen-bond acceptors (Lipinski definition) is 8. The van der Waals surface area contributed by atoms with Crippen molar-refractivity contribution in [1.82, 2.24) is 9.62 Å². The van der Waals surface area contributed by atoms with Crippen molar-refractivity contribution in [3.8, 4) is 0 Å². The summed E-state index contributed by atoms with van der Waals surface area (Å²) in [4.78, 5) is 27.5. The molecule has 0 aliphatic heterocycles. The number of carbonyl (C=O) groups excluding carboxylic acids is 2. The lowest BCUT2D eigenvalue weighted by molar-refractivity contribution is -0.118. The quantitative estimate of drug-likeness (QED) is 0.0825. The summed E-state index contributed by atoms with van der Waals surface area (Å²) in [7, 11) is -2.72. The van der Waals surface area contributed by atoms with Gasteiger partial charge < -0.3 is 26.2 Å². The first kappa shape index (κ1) is 37.5. The number of benzene rings is 4. The van der Waals surface area contributed by atoms with Crippen LogP contribution in [0.5, 0.6) is 0 Å². The predicted molar refractivity (Wildman–Crippen MR) is 195 cm³/mol. The predicted octanol–water partition coefficient (Wildman–Crippen LogP) is 5.95. The van der Waals surface area contributed by atoms with E-state index in [-0.39, 0.29) is 23.1 Å². The molecule has 12 heteroatoms. The van der Waals surface area contributed by atoms with Crippen LogP contribution >= 0.6 is 11.8 Å². The number of thioether (sulfide) groups is 1. The van der Waals surface area contributed by atoms with Crippen LogP contribution < -0.4 is 16.4 Å². The Morgan fingerprint density at radius 2 is 1.45 bits per heavy atom. The number of ether oxygens (including phenoxy) is 1. The Kier molecular flexibility index (Phi) is 13.7. The van der Waals surface area contributed by atoms with Gasteiger partial charge in [-0.1, -0.05) is 86.6 Å². The lowest BCUT2D eigenvalue weighted by Gasteiger charge is -2.30. The van der Waals surface area contributed by atoms with Crippen LogP contribution in [0, 0.1) is 5.92 Å². The zero-order chi connectivity index (χ0) is 35.4. The van der Waals surface area contributed by atoms with Crippen LogP contribution in [0.2, 0.25) is 0 Å². The summed E-state index contributed by atoms with van der Waals surface area (Å²) in [5.74, 6) is -0.586. The van der Waals surface area contributed by atoms with Crippen molar-refractivity contribution in [3.05, 3.63) is 120 Å². The summed E-state index contributed by atoms with van der Waals surface area (Å²) in [6.45, 7) is 3.83. The van der Waals surface area contributed by atoms with Gasteiger partial charge in [0.05, 0.1) is 30.3 Å². The van der Waals surface area contributed by atoms with Crippen molar-refractivity contribution in [3.63, 3.8) is 0 Å². The van der Waals surface area contributed by atoms with E-state index in [0.29, 0.717) is 22.7 Å². The molecular weight excluding hydrogens is 661 g/mol. The van der Waals surface area contributed by atoms with Crippen molar-refractivity contribution in [2.24, 2.45) is 5.92 Å². The van der Waals surface area contributed by atoms with E-state index in [1.54, 1.807) is 12.1 Å². The third-order valence-corrected chi connectivity index (χ3v) is 11.2. The molecule has 0 heterocycles. The summed E-state index contributed by atoms with van der Waals surface area (Å²) in [6, 6.07) is 30.2. The number of aliphatic hydroxyl groups excluding tert-OH is 1. The Morgan fingerprint density at radius 3 is 2.00 bits per heavy atom. The molecule has 2 amide bonds. The van der Waals surface area contributed by atoms with Gasteiger partial charge in [-0.15, -0.1) is 11.8 Å². The van der Waals surface area contributed by atoms with E-state index in [2.05, 4.69) is 10.6 Å². The fraction of sp³-hybridized carbons (Fsp3) is 0.297. The van der Waals surface area contributed by atoms with Crippen LogP contribution in [-0.2, 0) is 19.6 Å². The molecular formula is C37H44N4O6S2. The van der Waals surface area contributed by atoms with Gasteiger partial charge in [-0.05, 0) is 59.9 Å². The molecule has 4 rings (SSSR count). The second-order valence-electron chi connectivity index (χ2n) is 11.9. The summed E-state index contributed by atoms with van der Waals surface area (Å²) < 4.78 is 33.9. The Hall–Kier alpha value is -4.36. The van der Waals surface area contributed by atoms with E-state index in [1.165, 1.54) is 47.4 Å². The third-order valence-electron chi connectivity index (χ3n) is 8.00. The number of nitrogens with two attached hydrogens (primary N) is 1. The van der Waals surface area contributed by atoms with Crippen molar-refractivity contribution < 1.29 is 27.9 Å². The number of carbonyl (C=O) groups is 2. The molecule has 10 nitrogen and oxygen atoms in total. The molecule has 0 aromatic heterocycles. The monoisotopic (exact) mass is 704 g/mol. The topological polar surface area (TPSA) is 151 Å². The maximum Gasteiger partial charge on any atom is 0.407 e. The molecule has 4 aromatic carbocycles. The first-order valence-corrected chi connectivity index (χ1v) is 18.4. The summed E-state index contributed by atoms with van der Waals surface area (Å²) in [5.41, 5.74) is 8.37. The standard InChI is InChI=1S/C37H44N4O6S2/c1-26(2)22-23-41(49(45,46)31-20-18-29(38)19-21-31)30(24-42)25-48-33-17-11-10-16-32(33)39-36(43)35(40-37(44)47-3)34(27-12-6-4-7-13-27)28-14-8-5-9-15-28/h4-21,26,30,34-35,42H,22-25,38H2,1-3H3,(H,39,43)(H,40,44). The number of alkyl carbamates (subject to hydrolysis) is 1. The highest BCUT2D eigenvalue weighted by atomic mass is 32.2. The molecule has 2 atom stereocenters. The number of nitrogens with zero attached hydrogens (tertiary/aromatic N) is 1. The Labute approximate surface area is 293 Å². The second-order valence-corrected chi connectivity index (χ2v) is 14.9. The minimum Gasteiger partial charge on any atom is -0.453 e. The molecule has 0 saturated carbocycles. The van der Waals surface area contributed by atoms with Gasteiger partial charge >= 0.3 is 6.09 Å². The maximum atomic E-state index is 14.1. The van der Waals surface area contributed by atoms with E-state index in [0.717, 1.165) is 11.1 Å². The zero-order valence-corrected chi connectivity index (χ0v) is 29.5. The number of nitrogens with one attached hydrogen (secondary N) is 2. The molecule has 0 saturated heterocycles. The average Bonchev–Trinajstić information content (AvgIpc) is 3.10. The first-order chi connectivity index (χ1) is 23.5. The van der Waals surface area contributed by atoms with E-state index in [4.69, 9.17) is 10.5 Å². The molecule has 0 aliphatic carbocycles. The van der Waals surface area contributed by atoms with Crippen LogP contribution in [0.3, 0.4) is 0 Å². The van der Waals surface area contributed by atoms with Gasteiger partial charge in [-0.25, -0.2) is 13.2 Å². The summed E-state index contributed by atoms with van der Waals surface area (Å²) in [5, 5.41) is 16.2. The number of aliphatic hydroxyl groups is 1. The van der Waals surface area contributed by atoms with Crippen molar-refractivity contribution in [2.75, 3.05) is 37.1 Å². The van der Waals surface area contributed by atoms with Gasteiger partial charge in [0, 0.05) is 28.8 Å². The number of amides is 2. The maximum absolute atomic E-state index is 14.1. The zero-order valence-electron chi connectivity index (χ0n) is 27.9. The molecule has 260 valence electrons. The molecule has 0 fully saturated rings. The van der Waals surface area contributed by atoms with Crippen LogP contribution in [0.15, 0.2) is 119 Å². The molecule has 5 N–H and O–H groups in total. The lowest BCUT2D eigenvalue weighted by atomic mass is 9.84. The average molecular weight is 705 g/mol. The smallest absolute Gasteiger partial charge is 0.407 e. The van der Waals surface area contributed by atoms with Crippen molar-refractivity contribution in [2.45, 2.75) is 48.1 Å². The summed E-state index contributed by atoms with van der Waals surface area (Å²) in [6.07, 6.45) is -0.158. The van der Waals surface area contributed by atoms with Gasteiger partial charge in [0.2, 0.25) is 15.9 Å². The molecule has 0 radical (unpaired) electrons. The lowest BCUT2D eigenvalue weighted by Crippen LogP contribution is -2.48. The molecule has 4 aromatic rings. The largest absolute Gasteiger partial charge is 0.453 e. The summed E-state index contributed by atoms with van der Waals surface area (Å²) >= 11 is 1.32. The van der Waals surface area contributed by atoms with Gasteiger partial charge in [-0.2, -0.15) is 4.31 Å². The van der Waals surface area contributed by atoms with Crippen LogP contribution in [0.4, 0.5) is 16.2 Å². The Bertz CT molecular complexity index is 1720. The first-order valence-electron chi connectivity index (χ1n) is 16.0. The van der Waals surface area contributed by atoms with E-state index >= 15 is 0 Å². The van der Waals surface area contributed by atoms with Crippen LogP contribution in [0.1, 0.15) is 37.3 Å². The van der Waals surface area contributed by atoms with Gasteiger partial charge in [0.25, 0.3) is 0 Å². The van der Waals surface area contributed by atoms with Crippen LogP contribution in [-0.4, -0.2) is 67.9 Å². The SMILES string of the molecule is COC(=O)NC(C(=O)Nc1ccccc1SCC(CO)N(CCC(C)C)S(=O)(=O)c1ccc(N)cc1)C(c1ccccc1)c1ccccc1. The molecule has 0 spiro atoms. The fourth-order valence-electron chi connectivity index (χ4n) is 5.36. The number of sulfonamides is 1. The molecule has 0 aliphatic rings. The fourth-order valence-corrected chi connectivity index (χ4v) is 8.19. The third kappa shape index (κ3) is 10.1. The highest BCUT2D eigenvalue weighted by Gasteiger charge is 2.34. The minimum absolute atomic E-state index is 0.0945. The van der Waals surface area contributed by atoms with E-state index < -0.39 is 46.6 Å². The number of para-hydroxylation sites is 1. The Balaban J connectivity index is 1.62. The van der Waals surface area contributed by atoms with Gasteiger partial charge in [-0.3, -0.25) is 4.79 Å². The highest BCUT2D eigenvalue weighted by molar-refractivity contribution is 7.99. The van der Waals surface area contributed by atoms with E-state index in [1.807, 2.05) is 86.6 Å². The van der Waals surface area contributed by atoms with Gasteiger partial charge in [0.1, 0.15) is 6.04 Å². The Morgan fingerprint density at radius 1 is 0.878 bits per heavy atom. The van der Waals surface area contributed by atoms with Gasteiger partial charge in [0.15, 0.2) is 0 Å². The number of hydrogen-bond donors (Lipinski definition) is 4. The number of nitrogen functional groups attached to an aromatic ring is 1. The minimum atomic E-state index is -3.96. The molecule has 49 heavy (non-hydrogen) atoms. The molecule has 2 unspecified atom stereocenters. The number of anilines is 2. The number of methoxy groups -OCH3 is 1. The van der Waals surface area contributed by atoms with Crippen molar-refractivity contribution >= 4 is 45.2 Å². The van der Waals surface area contributed by atoms with Crippen LogP contribution in [0.25, 0.3) is 0 Å². The normalized spacial score (nSPS) is 12.9. The highest BCUT2D eigenvalue weighted by Crippen LogP contribution is 2.33.